The van der Waals surface area contributed by atoms with Gasteiger partial charge in [0.25, 0.3) is 5.56 Å². The van der Waals surface area contributed by atoms with E-state index in [1.807, 2.05) is 42.5 Å². The van der Waals surface area contributed by atoms with Crippen LogP contribution in [0.1, 0.15) is 58.3 Å². The van der Waals surface area contributed by atoms with Crippen molar-refractivity contribution in [1.29, 1.82) is 0 Å². The van der Waals surface area contributed by atoms with E-state index in [2.05, 4.69) is 5.32 Å². The van der Waals surface area contributed by atoms with Gasteiger partial charge < -0.3 is 10.8 Å². The Morgan fingerprint density at radius 2 is 1.67 bits per heavy atom. The zero-order valence-corrected chi connectivity index (χ0v) is 23.5. The number of rotatable bonds is 10. The maximum Gasteiger partial charge on any atom is 0.324 e. The lowest BCUT2D eigenvalue weighted by molar-refractivity contribution is -0.147. The van der Waals surface area contributed by atoms with Gasteiger partial charge in [0.1, 0.15) is 17.2 Å². The molecule has 4 aromatic rings. The summed E-state index contributed by atoms with van der Waals surface area (Å²) in [6.45, 7) is 1.89. The number of carbonyl (C=O) groups is 2. The number of hydrogen-bond acceptors (Lipinski definition) is 5. The Labute approximate surface area is 243 Å². The SMILES string of the molecule is Cc1cc(C(=O)c2ccc(=O)n(-c3ccc(CNC(Cc4ccccc4)(C(=O)O)C4CCCC4)cc3)c2N)ccc1F. The molecule has 1 atom stereocenters. The Hall–Kier alpha value is -4.56. The highest BCUT2D eigenvalue weighted by atomic mass is 19.1. The topological polar surface area (TPSA) is 114 Å². The number of aromatic nitrogens is 1. The van der Waals surface area contributed by atoms with Crippen molar-refractivity contribution < 1.29 is 19.1 Å². The lowest BCUT2D eigenvalue weighted by atomic mass is 9.77. The quantitative estimate of drug-likeness (QED) is 0.220. The van der Waals surface area contributed by atoms with Crippen LogP contribution >= 0.6 is 0 Å². The van der Waals surface area contributed by atoms with E-state index in [1.165, 1.54) is 34.9 Å². The van der Waals surface area contributed by atoms with Crippen LogP contribution in [0.4, 0.5) is 10.2 Å². The van der Waals surface area contributed by atoms with Crippen LogP contribution in [0.2, 0.25) is 0 Å². The molecule has 1 unspecified atom stereocenters. The van der Waals surface area contributed by atoms with Crippen molar-refractivity contribution in [2.75, 3.05) is 5.73 Å². The highest BCUT2D eigenvalue weighted by molar-refractivity contribution is 6.11. The molecule has 1 heterocycles. The summed E-state index contributed by atoms with van der Waals surface area (Å²) in [6, 6.07) is 23.5. The van der Waals surface area contributed by atoms with Gasteiger partial charge in [-0.3, -0.25) is 24.3 Å². The van der Waals surface area contributed by atoms with Crippen molar-refractivity contribution in [2.24, 2.45) is 5.92 Å². The number of aliphatic carboxylic acids is 1. The Balaban J connectivity index is 1.40. The number of benzene rings is 3. The number of carboxylic acids is 1. The molecule has 0 radical (unpaired) electrons. The molecule has 0 saturated heterocycles. The van der Waals surface area contributed by atoms with Crippen molar-refractivity contribution in [2.45, 2.75) is 51.1 Å². The van der Waals surface area contributed by atoms with Gasteiger partial charge in [0.05, 0.1) is 11.3 Å². The molecule has 0 spiro atoms. The second-order valence-corrected chi connectivity index (χ2v) is 11.0. The summed E-state index contributed by atoms with van der Waals surface area (Å²) in [5, 5.41) is 13.9. The number of nitrogens with two attached hydrogens (primary N) is 1. The van der Waals surface area contributed by atoms with E-state index in [0.717, 1.165) is 36.8 Å². The summed E-state index contributed by atoms with van der Waals surface area (Å²) in [5.41, 5.74) is 7.85. The van der Waals surface area contributed by atoms with Crippen LogP contribution < -0.4 is 16.6 Å². The first-order valence-corrected chi connectivity index (χ1v) is 14.1. The summed E-state index contributed by atoms with van der Waals surface area (Å²) >= 11 is 0. The number of ketones is 1. The molecule has 0 bridgehead atoms. The third-order valence-corrected chi connectivity index (χ3v) is 8.36. The molecule has 0 aliphatic heterocycles. The molecule has 216 valence electrons. The molecule has 8 heteroatoms. The Bertz CT molecular complexity index is 1660. The molecule has 3 aromatic carbocycles. The Morgan fingerprint density at radius 1 is 0.976 bits per heavy atom. The van der Waals surface area contributed by atoms with Crippen molar-refractivity contribution >= 4 is 17.6 Å². The molecule has 42 heavy (non-hydrogen) atoms. The number of nitrogens with one attached hydrogen (secondary N) is 1. The minimum Gasteiger partial charge on any atom is -0.480 e. The van der Waals surface area contributed by atoms with Gasteiger partial charge in [0.2, 0.25) is 0 Å². The Morgan fingerprint density at radius 3 is 2.31 bits per heavy atom. The van der Waals surface area contributed by atoms with Gasteiger partial charge in [-0.05, 0) is 78.8 Å². The standard InChI is InChI=1S/C34H34FN3O4/c1-22-19-25(13-17-29(22)35)31(40)28-16-18-30(39)38(32(28)36)27-14-11-24(12-15-27)21-37-34(33(41)42,26-9-5-6-10-26)20-23-7-3-2-4-8-23/h2-4,7-8,11-19,26,37H,5-6,9-10,20-21,36H2,1H3,(H,41,42). The molecule has 1 saturated carbocycles. The van der Waals surface area contributed by atoms with E-state index >= 15 is 0 Å². The van der Waals surface area contributed by atoms with E-state index in [9.17, 15) is 23.9 Å². The second-order valence-electron chi connectivity index (χ2n) is 11.0. The van der Waals surface area contributed by atoms with Gasteiger partial charge in [0.15, 0.2) is 5.78 Å². The molecular formula is C34H34FN3O4. The van der Waals surface area contributed by atoms with Crippen LogP contribution in [0.3, 0.4) is 0 Å². The van der Waals surface area contributed by atoms with Crippen molar-refractivity contribution in [3.8, 4) is 5.69 Å². The molecular weight excluding hydrogens is 533 g/mol. The molecule has 4 N–H and O–H groups in total. The molecule has 1 aromatic heterocycles. The average molecular weight is 568 g/mol. The van der Waals surface area contributed by atoms with Gasteiger partial charge in [-0.25, -0.2) is 4.39 Å². The summed E-state index contributed by atoms with van der Waals surface area (Å²) in [7, 11) is 0. The van der Waals surface area contributed by atoms with Crippen molar-refractivity contribution in [1.82, 2.24) is 9.88 Å². The van der Waals surface area contributed by atoms with E-state index < -0.39 is 28.7 Å². The van der Waals surface area contributed by atoms with Crippen LogP contribution in [0.25, 0.3) is 5.69 Å². The van der Waals surface area contributed by atoms with Crippen LogP contribution in [0.5, 0.6) is 0 Å². The number of halogens is 1. The lowest BCUT2D eigenvalue weighted by Crippen LogP contribution is -2.58. The average Bonchev–Trinajstić information content (AvgIpc) is 3.53. The predicted molar refractivity (Wildman–Crippen MR) is 160 cm³/mol. The molecule has 0 amide bonds. The van der Waals surface area contributed by atoms with Crippen LogP contribution in [0, 0.1) is 18.7 Å². The first-order chi connectivity index (χ1) is 20.2. The van der Waals surface area contributed by atoms with Gasteiger partial charge in [-0.1, -0.05) is 55.3 Å². The fourth-order valence-electron chi connectivity index (χ4n) is 5.99. The van der Waals surface area contributed by atoms with E-state index in [1.54, 1.807) is 19.1 Å². The maximum absolute atomic E-state index is 13.7. The zero-order chi connectivity index (χ0) is 29.9. The number of carboxylic acid groups (broad SMARTS) is 1. The van der Waals surface area contributed by atoms with Gasteiger partial charge >= 0.3 is 5.97 Å². The third-order valence-electron chi connectivity index (χ3n) is 8.36. The third kappa shape index (κ3) is 5.76. The molecule has 1 fully saturated rings. The maximum atomic E-state index is 13.7. The van der Waals surface area contributed by atoms with Crippen molar-refractivity contribution in [3.05, 3.63) is 129 Å². The largest absolute Gasteiger partial charge is 0.480 e. The number of nitrogens with zero attached hydrogens (tertiary/aromatic N) is 1. The monoisotopic (exact) mass is 567 g/mol. The normalized spacial score (nSPS) is 14.9. The number of pyridine rings is 1. The van der Waals surface area contributed by atoms with Crippen LogP contribution in [-0.2, 0) is 17.8 Å². The first-order valence-electron chi connectivity index (χ1n) is 14.1. The van der Waals surface area contributed by atoms with E-state index in [-0.39, 0.29) is 22.9 Å². The lowest BCUT2D eigenvalue weighted by Gasteiger charge is -2.36. The van der Waals surface area contributed by atoms with Gasteiger partial charge in [-0.2, -0.15) is 0 Å². The van der Waals surface area contributed by atoms with Crippen LogP contribution in [0.15, 0.2) is 89.7 Å². The minimum absolute atomic E-state index is 0.0121. The number of aryl methyl sites for hydroxylation is 1. The number of carbonyl (C=O) groups excluding carboxylic acids is 1. The fourth-order valence-corrected chi connectivity index (χ4v) is 5.99. The predicted octanol–water partition coefficient (Wildman–Crippen LogP) is 5.44. The molecule has 5 rings (SSSR count). The van der Waals surface area contributed by atoms with E-state index in [4.69, 9.17) is 5.73 Å². The zero-order valence-electron chi connectivity index (χ0n) is 23.5. The molecule has 1 aliphatic carbocycles. The van der Waals surface area contributed by atoms with Crippen LogP contribution in [-0.4, -0.2) is 27.0 Å². The van der Waals surface area contributed by atoms with Crippen molar-refractivity contribution in [3.63, 3.8) is 0 Å². The molecule has 1 aliphatic rings. The first kappa shape index (κ1) is 29.0. The second kappa shape index (κ2) is 12.1. The van der Waals surface area contributed by atoms with Gasteiger partial charge in [-0.15, -0.1) is 0 Å². The van der Waals surface area contributed by atoms with Gasteiger partial charge in [0, 0.05) is 24.6 Å². The fraction of sp³-hybridized carbons (Fsp3) is 0.265. The summed E-state index contributed by atoms with van der Waals surface area (Å²) in [6.07, 6.45) is 4.14. The van der Waals surface area contributed by atoms with E-state index in [0.29, 0.717) is 24.2 Å². The summed E-state index contributed by atoms with van der Waals surface area (Å²) in [5.74, 6) is -1.69. The minimum atomic E-state index is -1.11. The molecule has 7 nitrogen and oxygen atoms in total. The number of hydrogen-bond donors (Lipinski definition) is 3. The highest BCUT2D eigenvalue weighted by Gasteiger charge is 2.46. The summed E-state index contributed by atoms with van der Waals surface area (Å²) < 4.78 is 15.0. The highest BCUT2D eigenvalue weighted by Crippen LogP contribution is 2.37. The Kier molecular flexibility index (Phi) is 8.36. The smallest absolute Gasteiger partial charge is 0.324 e. The summed E-state index contributed by atoms with van der Waals surface area (Å²) in [4.78, 5) is 38.8. The number of nitrogen functional groups attached to an aromatic ring is 1. The number of anilines is 1.